The average Bonchev–Trinajstić information content (AvgIpc) is 3.50. The maximum absolute atomic E-state index is 12.1. The number of alkyl halides is 1. The highest BCUT2D eigenvalue weighted by Crippen LogP contribution is 2.87. The maximum Gasteiger partial charge on any atom is 0.334 e. The molecule has 27 heavy (non-hydrogen) atoms. The van der Waals surface area contributed by atoms with Gasteiger partial charge in [-0.15, -0.1) is 11.6 Å². The number of aliphatic hydroxyl groups excluding tert-OH is 1. The second kappa shape index (κ2) is 4.58. The first kappa shape index (κ1) is 17.3. The monoisotopic (exact) mass is 394 g/mol. The highest BCUT2D eigenvalue weighted by Gasteiger charge is 2.94. The summed E-state index contributed by atoms with van der Waals surface area (Å²) in [5.74, 6) is 0.0611. The van der Waals surface area contributed by atoms with Crippen molar-refractivity contribution in [3.05, 3.63) is 11.1 Å². The van der Waals surface area contributed by atoms with Gasteiger partial charge in [0.25, 0.3) is 0 Å². The minimum absolute atomic E-state index is 0.0763. The van der Waals surface area contributed by atoms with Crippen molar-refractivity contribution in [1.82, 2.24) is 0 Å². The number of ether oxygens (including phenoxy) is 2. The van der Waals surface area contributed by atoms with Crippen LogP contribution in [0.2, 0.25) is 0 Å². The Morgan fingerprint density at radius 1 is 1.33 bits per heavy atom. The average molecular weight is 395 g/mol. The molecule has 6 aliphatic rings. The van der Waals surface area contributed by atoms with Gasteiger partial charge in [0.05, 0.1) is 11.5 Å². The molecular weight excluding hydrogens is 368 g/mol. The van der Waals surface area contributed by atoms with E-state index in [1.807, 2.05) is 13.8 Å². The fraction of sp³-hybridized carbons (Fsp3) is 0.857. The molecule has 148 valence electrons. The predicted octanol–water partition coefficient (Wildman–Crippen LogP) is 2.17. The predicted molar refractivity (Wildman–Crippen MR) is 97.0 cm³/mol. The Kier molecular flexibility index (Phi) is 2.93. The van der Waals surface area contributed by atoms with E-state index in [0.29, 0.717) is 6.61 Å². The van der Waals surface area contributed by atoms with Crippen LogP contribution >= 0.6 is 11.6 Å². The molecule has 0 aromatic carbocycles. The molecule has 0 bridgehead atoms. The number of carbonyl (C=O) groups is 1. The number of carbonyl (C=O) groups excluding carboxylic acids is 1. The van der Waals surface area contributed by atoms with Gasteiger partial charge < -0.3 is 19.7 Å². The van der Waals surface area contributed by atoms with E-state index in [9.17, 15) is 15.0 Å². The van der Waals surface area contributed by atoms with Crippen molar-refractivity contribution in [2.24, 2.45) is 28.6 Å². The van der Waals surface area contributed by atoms with Gasteiger partial charge >= 0.3 is 5.97 Å². The molecule has 2 heterocycles. The van der Waals surface area contributed by atoms with E-state index in [1.54, 1.807) is 0 Å². The number of aliphatic hydroxyl groups is 2. The van der Waals surface area contributed by atoms with E-state index >= 15 is 0 Å². The lowest BCUT2D eigenvalue weighted by Gasteiger charge is -2.59. The van der Waals surface area contributed by atoms with Gasteiger partial charge in [0, 0.05) is 11.0 Å². The van der Waals surface area contributed by atoms with Gasteiger partial charge in [0.2, 0.25) is 0 Å². The number of hydrogen-bond acceptors (Lipinski definition) is 5. The summed E-state index contributed by atoms with van der Waals surface area (Å²) in [7, 11) is 0. The summed E-state index contributed by atoms with van der Waals surface area (Å²) in [5, 5.41) is 22.4. The third kappa shape index (κ3) is 1.49. The Hall–Kier alpha value is -0.620. The fourth-order valence-electron chi connectivity index (χ4n) is 8.06. The number of hydrogen-bond donors (Lipinski definition) is 2. The van der Waals surface area contributed by atoms with E-state index in [0.717, 1.165) is 36.8 Å². The lowest BCUT2D eigenvalue weighted by molar-refractivity contribution is -0.197. The molecule has 0 amide bonds. The van der Waals surface area contributed by atoms with Crippen LogP contribution in [0.15, 0.2) is 11.1 Å². The standard InChI is InChI=1S/C21H27ClO5/c1-9(2)20(25)15(22)13-7-19(13)18(3)5-4-10-11(8-26-16(10)23)12(18)6-14-21(19,27-14)17(20)24/h9,12-15,17,24-25H,4-8H2,1-3H3/t12-,13-,14?,15+,17+,18-,19-,20-,21+/m0/s1. The highest BCUT2D eigenvalue weighted by atomic mass is 35.5. The largest absolute Gasteiger partial charge is 0.458 e. The minimum atomic E-state index is -1.34. The Morgan fingerprint density at radius 2 is 2.07 bits per heavy atom. The molecule has 2 aliphatic heterocycles. The molecule has 9 atom stereocenters. The SMILES string of the molecule is CC(C)[C@]1(O)[C@H](Cl)[C@@H]2C[C@@]23[C@@]2(C)CCC4=C(COC4=O)[C@@H]2CC2O[C@@]23[C@@H]1O. The summed E-state index contributed by atoms with van der Waals surface area (Å²) in [6, 6.07) is 0. The zero-order chi connectivity index (χ0) is 19.1. The third-order valence-corrected chi connectivity index (χ3v) is 10.2. The van der Waals surface area contributed by atoms with Gasteiger partial charge in [-0.1, -0.05) is 20.8 Å². The first-order valence-corrected chi connectivity index (χ1v) is 10.7. The molecule has 2 spiro atoms. The van der Waals surface area contributed by atoms with Crippen molar-refractivity contribution in [1.29, 1.82) is 0 Å². The van der Waals surface area contributed by atoms with Crippen LogP contribution in [0.1, 0.15) is 46.5 Å². The number of esters is 1. The second-order valence-electron chi connectivity index (χ2n) is 10.3. The van der Waals surface area contributed by atoms with Gasteiger partial charge in [0.15, 0.2) is 0 Å². The molecule has 6 heteroatoms. The number of halogens is 1. The third-order valence-electron chi connectivity index (χ3n) is 9.58. The van der Waals surface area contributed by atoms with Crippen molar-refractivity contribution < 1.29 is 24.5 Å². The van der Waals surface area contributed by atoms with Crippen LogP contribution in [0.25, 0.3) is 0 Å². The summed E-state index contributed by atoms with van der Waals surface area (Å²) in [5.41, 5.74) is -0.306. The van der Waals surface area contributed by atoms with Crippen molar-refractivity contribution >= 4 is 17.6 Å². The topological polar surface area (TPSA) is 79.3 Å². The van der Waals surface area contributed by atoms with E-state index in [-0.39, 0.29) is 40.7 Å². The van der Waals surface area contributed by atoms with Crippen LogP contribution in [0, 0.1) is 28.6 Å². The van der Waals surface area contributed by atoms with Crippen molar-refractivity contribution in [3.63, 3.8) is 0 Å². The molecule has 6 rings (SSSR count). The summed E-state index contributed by atoms with van der Waals surface area (Å²) in [6.07, 6.45) is 2.23. The van der Waals surface area contributed by atoms with Crippen LogP contribution in [-0.4, -0.2) is 51.6 Å². The van der Waals surface area contributed by atoms with E-state index in [1.165, 1.54) is 0 Å². The molecule has 0 radical (unpaired) electrons. The summed E-state index contributed by atoms with van der Waals surface area (Å²) >= 11 is 6.87. The summed E-state index contributed by atoms with van der Waals surface area (Å²) < 4.78 is 11.7. The molecule has 5 nitrogen and oxygen atoms in total. The van der Waals surface area contributed by atoms with Crippen LogP contribution < -0.4 is 0 Å². The number of cyclic esters (lactones) is 1. The zero-order valence-corrected chi connectivity index (χ0v) is 16.8. The Bertz CT molecular complexity index is 808. The van der Waals surface area contributed by atoms with Gasteiger partial charge in [-0.3, -0.25) is 0 Å². The van der Waals surface area contributed by atoms with Crippen LogP contribution in [0.5, 0.6) is 0 Å². The zero-order valence-electron chi connectivity index (χ0n) is 16.0. The summed E-state index contributed by atoms with van der Waals surface area (Å²) in [6.45, 7) is 6.56. The molecule has 0 aromatic heterocycles. The van der Waals surface area contributed by atoms with E-state index < -0.39 is 22.7 Å². The number of rotatable bonds is 1. The quantitative estimate of drug-likeness (QED) is 0.405. The Balaban J connectivity index is 1.50. The van der Waals surface area contributed by atoms with Crippen LogP contribution in [0.3, 0.4) is 0 Å². The van der Waals surface area contributed by atoms with Gasteiger partial charge in [-0.05, 0) is 54.4 Å². The number of fused-ring (bicyclic) bond motifs is 2. The Morgan fingerprint density at radius 3 is 2.78 bits per heavy atom. The fourth-order valence-corrected chi connectivity index (χ4v) is 8.74. The molecule has 2 N–H and O–H groups in total. The molecule has 0 aromatic rings. The molecule has 1 unspecified atom stereocenters. The smallest absolute Gasteiger partial charge is 0.334 e. The lowest BCUT2D eigenvalue weighted by Crippen LogP contribution is -2.71. The molecule has 4 fully saturated rings. The first-order valence-electron chi connectivity index (χ1n) is 10.3. The van der Waals surface area contributed by atoms with Gasteiger partial charge in [0.1, 0.15) is 23.9 Å². The first-order chi connectivity index (χ1) is 12.7. The van der Waals surface area contributed by atoms with E-state index in [2.05, 4.69) is 6.92 Å². The lowest BCUT2D eigenvalue weighted by atomic mass is 9.45. The van der Waals surface area contributed by atoms with Crippen molar-refractivity contribution in [2.45, 2.75) is 75.2 Å². The van der Waals surface area contributed by atoms with Gasteiger partial charge in [-0.2, -0.15) is 0 Å². The Labute approximate surface area is 164 Å². The second-order valence-corrected chi connectivity index (χ2v) is 10.8. The molecule has 3 saturated carbocycles. The van der Waals surface area contributed by atoms with Crippen LogP contribution in [0.4, 0.5) is 0 Å². The van der Waals surface area contributed by atoms with Crippen molar-refractivity contribution in [2.75, 3.05) is 6.61 Å². The molecule has 4 aliphatic carbocycles. The molecular formula is C21H27ClO5. The summed E-state index contributed by atoms with van der Waals surface area (Å²) in [4.78, 5) is 12.1. The maximum atomic E-state index is 12.1. The molecule has 1 saturated heterocycles. The van der Waals surface area contributed by atoms with Crippen LogP contribution in [-0.2, 0) is 14.3 Å². The highest BCUT2D eigenvalue weighted by molar-refractivity contribution is 6.22. The van der Waals surface area contributed by atoms with E-state index in [4.69, 9.17) is 21.1 Å². The van der Waals surface area contributed by atoms with Gasteiger partial charge in [-0.25, -0.2) is 4.79 Å². The minimum Gasteiger partial charge on any atom is -0.458 e. The van der Waals surface area contributed by atoms with Crippen molar-refractivity contribution in [3.8, 4) is 0 Å². The number of epoxide rings is 1. The normalized spacial score (nSPS) is 60.1.